The van der Waals surface area contributed by atoms with E-state index in [1.165, 1.54) is 0 Å². The molecule has 1 saturated heterocycles. The molecule has 2 unspecified atom stereocenters. The summed E-state index contributed by atoms with van der Waals surface area (Å²) in [6.07, 6.45) is 1.07. The Bertz CT molecular complexity index is 618. The summed E-state index contributed by atoms with van der Waals surface area (Å²) in [6.45, 7) is 2.77. The van der Waals surface area contributed by atoms with E-state index < -0.39 is 0 Å². The average molecular weight is 258 g/mol. The Kier molecular flexibility index (Phi) is 3.11. The van der Waals surface area contributed by atoms with Gasteiger partial charge in [-0.3, -0.25) is 4.79 Å². The van der Waals surface area contributed by atoms with Crippen LogP contribution in [0.5, 0.6) is 0 Å². The summed E-state index contributed by atoms with van der Waals surface area (Å²) in [5, 5.41) is 0. The van der Waals surface area contributed by atoms with Gasteiger partial charge in [-0.05, 0) is 24.5 Å². The van der Waals surface area contributed by atoms with Crippen LogP contribution in [-0.2, 0) is 23.0 Å². The first kappa shape index (κ1) is 12.4. The number of ether oxygens (including phenoxy) is 1. The molecule has 0 aliphatic carbocycles. The molecule has 4 nitrogen and oxygen atoms in total. The fraction of sp³-hybridized carbons (Fsp3) is 0.467. The predicted octanol–water partition coefficient (Wildman–Crippen LogP) is 2.11. The van der Waals surface area contributed by atoms with Gasteiger partial charge in [-0.2, -0.15) is 0 Å². The molecule has 0 amide bonds. The fourth-order valence-electron chi connectivity index (χ4n) is 2.72. The summed E-state index contributed by atoms with van der Waals surface area (Å²) >= 11 is 0. The summed E-state index contributed by atoms with van der Waals surface area (Å²) in [6, 6.07) is 7.93. The van der Waals surface area contributed by atoms with Crippen molar-refractivity contribution in [2.75, 3.05) is 6.61 Å². The summed E-state index contributed by atoms with van der Waals surface area (Å²) in [5.74, 6) is 1.28. The number of aromatic nitrogens is 2. The third kappa shape index (κ3) is 2.16. The van der Waals surface area contributed by atoms with Gasteiger partial charge in [0.1, 0.15) is 11.9 Å². The SMILES string of the molecule is CC1CCOC1C(=O)Cc1nc2ccccc2n1C. The lowest BCUT2D eigenvalue weighted by Crippen LogP contribution is -2.27. The molecule has 1 aromatic carbocycles. The second-order valence-electron chi connectivity index (χ2n) is 5.28. The maximum atomic E-state index is 12.3. The van der Waals surface area contributed by atoms with Crippen LogP contribution in [0.4, 0.5) is 0 Å². The third-order valence-electron chi connectivity index (χ3n) is 3.92. The topological polar surface area (TPSA) is 44.1 Å². The van der Waals surface area contributed by atoms with Gasteiger partial charge in [0.25, 0.3) is 0 Å². The fourth-order valence-corrected chi connectivity index (χ4v) is 2.72. The number of nitrogens with zero attached hydrogens (tertiary/aromatic N) is 2. The van der Waals surface area contributed by atoms with Gasteiger partial charge in [-0.15, -0.1) is 0 Å². The Balaban J connectivity index is 1.85. The normalized spacial score (nSPS) is 23.1. The first-order valence-electron chi connectivity index (χ1n) is 6.71. The summed E-state index contributed by atoms with van der Waals surface area (Å²) in [4.78, 5) is 16.8. The maximum Gasteiger partial charge on any atom is 0.169 e. The van der Waals surface area contributed by atoms with Gasteiger partial charge < -0.3 is 9.30 Å². The number of Topliss-reactive ketones (excluding diaryl/α,β-unsaturated/α-hetero) is 1. The van der Waals surface area contributed by atoms with Gasteiger partial charge in [0.05, 0.1) is 17.5 Å². The molecule has 0 saturated carbocycles. The van der Waals surface area contributed by atoms with Crippen molar-refractivity contribution in [3.8, 4) is 0 Å². The Hall–Kier alpha value is -1.68. The molecule has 1 aromatic heterocycles. The van der Waals surface area contributed by atoms with Crippen LogP contribution in [0, 0.1) is 5.92 Å². The molecule has 1 aliphatic heterocycles. The molecular weight excluding hydrogens is 240 g/mol. The zero-order valence-electron chi connectivity index (χ0n) is 11.3. The van der Waals surface area contributed by atoms with Crippen LogP contribution < -0.4 is 0 Å². The van der Waals surface area contributed by atoms with Crippen LogP contribution in [0.1, 0.15) is 19.2 Å². The number of imidazole rings is 1. The largest absolute Gasteiger partial charge is 0.370 e. The molecule has 1 fully saturated rings. The number of hydrogen-bond donors (Lipinski definition) is 0. The highest BCUT2D eigenvalue weighted by molar-refractivity contribution is 5.86. The smallest absolute Gasteiger partial charge is 0.169 e. The van der Waals surface area contributed by atoms with Crippen LogP contribution in [0.3, 0.4) is 0 Å². The summed E-state index contributed by atoms with van der Waals surface area (Å²) in [7, 11) is 1.96. The molecule has 4 heteroatoms. The van der Waals surface area contributed by atoms with Crippen molar-refractivity contribution in [3.05, 3.63) is 30.1 Å². The van der Waals surface area contributed by atoms with E-state index >= 15 is 0 Å². The van der Waals surface area contributed by atoms with E-state index in [0.29, 0.717) is 18.9 Å². The van der Waals surface area contributed by atoms with E-state index in [9.17, 15) is 4.79 Å². The highest BCUT2D eigenvalue weighted by Crippen LogP contribution is 2.22. The van der Waals surface area contributed by atoms with Crippen molar-refractivity contribution in [1.82, 2.24) is 9.55 Å². The molecular formula is C15H18N2O2. The minimum atomic E-state index is -0.250. The van der Waals surface area contributed by atoms with Crippen LogP contribution in [0.15, 0.2) is 24.3 Å². The molecule has 3 rings (SSSR count). The Labute approximate surface area is 112 Å². The molecule has 1 aliphatic rings. The second kappa shape index (κ2) is 4.78. The number of fused-ring (bicyclic) bond motifs is 1. The van der Waals surface area contributed by atoms with Gasteiger partial charge in [0, 0.05) is 13.7 Å². The molecule has 0 radical (unpaired) electrons. The zero-order chi connectivity index (χ0) is 13.4. The molecule has 2 aromatic rings. The van der Waals surface area contributed by atoms with E-state index in [2.05, 4.69) is 11.9 Å². The minimum absolute atomic E-state index is 0.142. The third-order valence-corrected chi connectivity index (χ3v) is 3.92. The minimum Gasteiger partial charge on any atom is -0.370 e. The van der Waals surface area contributed by atoms with E-state index in [0.717, 1.165) is 23.3 Å². The molecule has 0 spiro atoms. The standard InChI is InChI=1S/C15H18N2O2/c1-10-7-8-19-15(10)13(18)9-14-16-11-5-3-4-6-12(11)17(14)2/h3-6,10,15H,7-9H2,1-2H3. The van der Waals surface area contributed by atoms with Gasteiger partial charge in [-0.1, -0.05) is 19.1 Å². The second-order valence-corrected chi connectivity index (χ2v) is 5.28. The Morgan fingerprint density at radius 1 is 1.47 bits per heavy atom. The number of ketones is 1. The number of hydrogen-bond acceptors (Lipinski definition) is 3. The van der Waals surface area contributed by atoms with E-state index in [4.69, 9.17) is 4.74 Å². The number of benzene rings is 1. The number of carbonyl (C=O) groups excluding carboxylic acids is 1. The van der Waals surface area contributed by atoms with Crippen molar-refractivity contribution < 1.29 is 9.53 Å². The molecule has 100 valence electrons. The summed E-state index contributed by atoms with van der Waals surface area (Å²) < 4.78 is 7.52. The highest BCUT2D eigenvalue weighted by atomic mass is 16.5. The number of rotatable bonds is 3. The van der Waals surface area contributed by atoms with Crippen molar-refractivity contribution in [3.63, 3.8) is 0 Å². The predicted molar refractivity (Wildman–Crippen MR) is 72.9 cm³/mol. The number of para-hydroxylation sites is 2. The van der Waals surface area contributed by atoms with Gasteiger partial charge >= 0.3 is 0 Å². The molecule has 2 atom stereocenters. The number of carbonyl (C=O) groups is 1. The summed E-state index contributed by atoms with van der Waals surface area (Å²) in [5.41, 5.74) is 2.00. The van der Waals surface area contributed by atoms with Crippen molar-refractivity contribution in [2.24, 2.45) is 13.0 Å². The quantitative estimate of drug-likeness (QED) is 0.847. The first-order chi connectivity index (χ1) is 9.16. The first-order valence-corrected chi connectivity index (χ1v) is 6.71. The van der Waals surface area contributed by atoms with Crippen molar-refractivity contribution in [2.45, 2.75) is 25.9 Å². The van der Waals surface area contributed by atoms with Gasteiger partial charge in [-0.25, -0.2) is 4.98 Å². The Morgan fingerprint density at radius 2 is 2.26 bits per heavy atom. The monoisotopic (exact) mass is 258 g/mol. The van der Waals surface area contributed by atoms with E-state index in [1.54, 1.807) is 0 Å². The average Bonchev–Trinajstić information content (AvgIpc) is 2.95. The van der Waals surface area contributed by atoms with E-state index in [1.807, 2.05) is 35.9 Å². The van der Waals surface area contributed by atoms with Gasteiger partial charge in [0.15, 0.2) is 5.78 Å². The molecule has 0 N–H and O–H groups in total. The highest BCUT2D eigenvalue weighted by Gasteiger charge is 2.31. The van der Waals surface area contributed by atoms with Crippen LogP contribution >= 0.6 is 0 Å². The maximum absolute atomic E-state index is 12.3. The lowest BCUT2D eigenvalue weighted by atomic mass is 9.99. The lowest BCUT2D eigenvalue weighted by Gasteiger charge is -2.12. The van der Waals surface area contributed by atoms with Crippen molar-refractivity contribution >= 4 is 16.8 Å². The molecule has 2 heterocycles. The van der Waals surface area contributed by atoms with E-state index in [-0.39, 0.29) is 11.9 Å². The lowest BCUT2D eigenvalue weighted by molar-refractivity contribution is -0.128. The van der Waals surface area contributed by atoms with Crippen LogP contribution in [-0.4, -0.2) is 28.0 Å². The molecule has 19 heavy (non-hydrogen) atoms. The van der Waals surface area contributed by atoms with Crippen LogP contribution in [0.25, 0.3) is 11.0 Å². The Morgan fingerprint density at radius 3 is 2.95 bits per heavy atom. The van der Waals surface area contributed by atoms with Crippen molar-refractivity contribution in [1.29, 1.82) is 0 Å². The van der Waals surface area contributed by atoms with Gasteiger partial charge in [0.2, 0.25) is 0 Å². The number of aryl methyl sites for hydroxylation is 1. The van der Waals surface area contributed by atoms with Crippen LogP contribution in [0.2, 0.25) is 0 Å². The molecule has 0 bridgehead atoms. The zero-order valence-corrected chi connectivity index (χ0v) is 11.3.